The Balaban J connectivity index is 1.21. The molecule has 3 N–H and O–H groups in total. The maximum absolute atomic E-state index is 14.0. The van der Waals surface area contributed by atoms with Crippen LogP contribution in [0.4, 0.5) is 5.69 Å². The summed E-state index contributed by atoms with van der Waals surface area (Å²) in [6.45, 7) is 1.69. The topological polar surface area (TPSA) is 112 Å². The quantitative estimate of drug-likeness (QED) is 0.456. The maximum atomic E-state index is 14.0. The summed E-state index contributed by atoms with van der Waals surface area (Å²) in [4.78, 5) is 34.3. The van der Waals surface area contributed by atoms with E-state index in [0.717, 1.165) is 34.4 Å². The number of thiazole rings is 1. The highest BCUT2D eigenvalue weighted by molar-refractivity contribution is 7.16. The minimum atomic E-state index is -1.33. The van der Waals surface area contributed by atoms with E-state index in [0.29, 0.717) is 30.2 Å². The van der Waals surface area contributed by atoms with Crippen LogP contribution in [0.25, 0.3) is 10.2 Å². The molecule has 1 spiro atoms. The van der Waals surface area contributed by atoms with Crippen LogP contribution in [0, 0.1) is 11.8 Å². The Morgan fingerprint density at radius 1 is 1.27 bits per heavy atom. The predicted molar refractivity (Wildman–Crippen MR) is 137 cm³/mol. The third-order valence-electron chi connectivity index (χ3n) is 9.55. The average molecular weight is 518 g/mol. The van der Waals surface area contributed by atoms with Gasteiger partial charge in [-0.1, -0.05) is 6.07 Å². The van der Waals surface area contributed by atoms with Crippen molar-refractivity contribution in [3.63, 3.8) is 0 Å². The zero-order chi connectivity index (χ0) is 25.1. The summed E-state index contributed by atoms with van der Waals surface area (Å²) in [6.07, 6.45) is 2.62. The van der Waals surface area contributed by atoms with E-state index in [-0.39, 0.29) is 24.0 Å². The summed E-state index contributed by atoms with van der Waals surface area (Å²) in [5.41, 5.74) is 2.74. The van der Waals surface area contributed by atoms with Gasteiger partial charge in [-0.15, -0.1) is 11.3 Å². The van der Waals surface area contributed by atoms with E-state index in [1.165, 1.54) is 24.2 Å². The number of carbonyl (C=O) groups excluding carboxylic acids is 2. The molecule has 5 aliphatic rings. The van der Waals surface area contributed by atoms with Crippen LogP contribution in [0.2, 0.25) is 0 Å². The van der Waals surface area contributed by atoms with E-state index in [1.807, 2.05) is 18.2 Å². The van der Waals surface area contributed by atoms with Crippen molar-refractivity contribution in [3.05, 3.63) is 47.0 Å². The molecule has 3 heterocycles. The molecule has 9 heteroatoms. The van der Waals surface area contributed by atoms with Gasteiger partial charge in [0, 0.05) is 23.8 Å². The number of aliphatic hydroxyl groups is 1. The Bertz CT molecular complexity index is 1500. The first-order valence-corrected chi connectivity index (χ1v) is 13.9. The number of amides is 1. The lowest BCUT2D eigenvalue weighted by atomic mass is 9.47. The van der Waals surface area contributed by atoms with E-state index in [4.69, 9.17) is 4.74 Å². The van der Waals surface area contributed by atoms with Gasteiger partial charge >= 0.3 is 0 Å². The van der Waals surface area contributed by atoms with Gasteiger partial charge < -0.3 is 20.3 Å². The van der Waals surface area contributed by atoms with E-state index < -0.39 is 28.9 Å². The van der Waals surface area contributed by atoms with Crippen LogP contribution >= 0.6 is 11.3 Å². The number of Topliss-reactive ketones (excluding diaryl/α,β-unsaturated/α-hetero) is 1. The number of fused-ring (bicyclic) bond motifs is 1. The number of likely N-dealkylation sites (tertiary alicyclic amines) is 1. The third-order valence-corrected chi connectivity index (χ3v) is 10.3. The molecule has 3 fully saturated rings. The largest absolute Gasteiger partial charge is 0.504 e. The highest BCUT2D eigenvalue weighted by Crippen LogP contribution is 2.65. The van der Waals surface area contributed by atoms with Gasteiger partial charge in [0.1, 0.15) is 5.92 Å². The van der Waals surface area contributed by atoms with Crippen LogP contribution in [0.15, 0.2) is 35.8 Å². The lowest BCUT2D eigenvalue weighted by Gasteiger charge is -2.63. The van der Waals surface area contributed by atoms with Crippen molar-refractivity contribution in [2.75, 3.05) is 18.4 Å². The molecule has 190 valence electrons. The monoisotopic (exact) mass is 517 g/mol. The van der Waals surface area contributed by atoms with Crippen molar-refractivity contribution in [3.8, 4) is 11.5 Å². The lowest BCUT2D eigenvalue weighted by Crippen LogP contribution is -2.78. The zero-order valence-corrected chi connectivity index (χ0v) is 21.0. The summed E-state index contributed by atoms with van der Waals surface area (Å²) in [5, 5.41) is 26.3. The summed E-state index contributed by atoms with van der Waals surface area (Å²) in [5.74, 6) is -0.870. The number of phenolic OH excluding ortho intramolecular Hbond substituents is 1. The smallest absolute Gasteiger partial charge is 0.235 e. The fraction of sp³-hybridized carbons (Fsp3) is 0.464. The number of hydrogen-bond donors (Lipinski definition) is 3. The number of nitrogens with zero attached hydrogens (tertiary/aromatic N) is 2. The van der Waals surface area contributed by atoms with Gasteiger partial charge in [-0.25, -0.2) is 4.98 Å². The number of aromatic nitrogens is 1. The van der Waals surface area contributed by atoms with Gasteiger partial charge in [0.2, 0.25) is 5.91 Å². The zero-order valence-electron chi connectivity index (χ0n) is 20.1. The number of nitrogens with one attached hydrogen (secondary N) is 1. The number of rotatable bonds is 4. The van der Waals surface area contributed by atoms with Gasteiger partial charge in [0.05, 0.1) is 26.7 Å². The van der Waals surface area contributed by atoms with Crippen LogP contribution in [0.3, 0.4) is 0 Å². The SMILES string of the molecule is O=C(Nc1ccc2ncsc2c1)C1C[C@@]2(O)[C@H]3Cc4ccc(O)c5c4[C@@]2(CCN3CC2CC2)[C@@H](O5)C1=O. The molecule has 1 unspecified atom stereocenters. The predicted octanol–water partition coefficient (Wildman–Crippen LogP) is 3.00. The molecule has 5 atom stereocenters. The van der Waals surface area contributed by atoms with Crippen LogP contribution < -0.4 is 10.1 Å². The van der Waals surface area contributed by atoms with Crippen LogP contribution in [-0.4, -0.2) is 62.6 Å². The first-order chi connectivity index (χ1) is 17.9. The highest BCUT2D eigenvalue weighted by atomic mass is 32.1. The molecular formula is C28H27N3O5S. The number of ketones is 1. The number of phenols is 1. The molecule has 2 saturated carbocycles. The highest BCUT2D eigenvalue weighted by Gasteiger charge is 2.75. The average Bonchev–Trinajstić information content (AvgIpc) is 3.43. The summed E-state index contributed by atoms with van der Waals surface area (Å²) in [6, 6.07) is 8.80. The first-order valence-electron chi connectivity index (χ1n) is 13.1. The van der Waals surface area contributed by atoms with E-state index >= 15 is 0 Å². The van der Waals surface area contributed by atoms with Gasteiger partial charge in [-0.3, -0.25) is 14.5 Å². The van der Waals surface area contributed by atoms with E-state index in [1.54, 1.807) is 17.6 Å². The maximum Gasteiger partial charge on any atom is 0.235 e. The van der Waals surface area contributed by atoms with Crippen molar-refractivity contribution in [1.82, 2.24) is 9.88 Å². The van der Waals surface area contributed by atoms with Crippen LogP contribution in [0.1, 0.15) is 36.8 Å². The molecule has 0 radical (unpaired) electrons. The molecule has 3 aromatic rings. The number of ether oxygens (including phenoxy) is 1. The number of hydrogen-bond acceptors (Lipinski definition) is 8. The fourth-order valence-electron chi connectivity index (χ4n) is 7.69. The van der Waals surface area contributed by atoms with Crippen LogP contribution in [0.5, 0.6) is 11.5 Å². The number of benzene rings is 2. The molecule has 8 nitrogen and oxygen atoms in total. The molecule has 2 bridgehead atoms. The Hall–Kier alpha value is -3.01. The second-order valence-corrected chi connectivity index (χ2v) is 12.3. The Kier molecular flexibility index (Phi) is 4.35. The number of aromatic hydroxyl groups is 1. The Labute approximate surface area is 217 Å². The van der Waals surface area contributed by atoms with Gasteiger partial charge in [-0.2, -0.15) is 0 Å². The first kappa shape index (κ1) is 22.0. The minimum absolute atomic E-state index is 0.0182. The second-order valence-electron chi connectivity index (χ2n) is 11.4. The van der Waals surface area contributed by atoms with Crippen molar-refractivity contribution in [1.29, 1.82) is 0 Å². The molecule has 3 aliphatic carbocycles. The molecule has 2 aromatic carbocycles. The molecular weight excluding hydrogens is 490 g/mol. The number of carbonyl (C=O) groups is 2. The Morgan fingerprint density at radius 3 is 2.97 bits per heavy atom. The summed E-state index contributed by atoms with van der Waals surface area (Å²) in [7, 11) is 0. The molecule has 1 amide bonds. The summed E-state index contributed by atoms with van der Waals surface area (Å²) < 4.78 is 7.17. The normalized spacial score (nSPS) is 33.8. The van der Waals surface area contributed by atoms with Gasteiger partial charge in [0.15, 0.2) is 23.4 Å². The summed E-state index contributed by atoms with van der Waals surface area (Å²) >= 11 is 1.48. The fourth-order valence-corrected chi connectivity index (χ4v) is 8.40. The molecule has 37 heavy (non-hydrogen) atoms. The second kappa shape index (κ2) is 7.30. The van der Waals surface area contributed by atoms with E-state index in [9.17, 15) is 19.8 Å². The van der Waals surface area contributed by atoms with Gasteiger partial charge in [-0.05, 0) is 74.4 Å². The molecule has 8 rings (SSSR count). The third kappa shape index (κ3) is 2.82. The van der Waals surface area contributed by atoms with Crippen molar-refractivity contribution in [2.24, 2.45) is 11.8 Å². The molecule has 1 aromatic heterocycles. The van der Waals surface area contributed by atoms with Gasteiger partial charge in [0.25, 0.3) is 0 Å². The Morgan fingerprint density at radius 2 is 2.14 bits per heavy atom. The standard InChI is InChI=1S/C28H27N3O5S/c32-19-6-3-15-9-21-28(35)11-17(26(34)30-16-4-5-18-20(10-16)37-13-29-18)23(33)25-27(28,22(15)24(19)36-25)7-8-31(21)12-14-1-2-14/h3-6,10,13-14,17,21,25,32,35H,1-2,7-9,11-12H2,(H,30,34)/t17?,21-,25+,27+,28-/m1/s1. The van der Waals surface area contributed by atoms with Crippen LogP contribution in [-0.2, 0) is 21.4 Å². The minimum Gasteiger partial charge on any atom is -0.504 e. The molecule has 1 saturated heterocycles. The number of anilines is 1. The molecule has 2 aliphatic heterocycles. The lowest BCUT2D eigenvalue weighted by molar-refractivity contribution is -0.197. The van der Waals surface area contributed by atoms with E-state index in [2.05, 4.69) is 15.2 Å². The van der Waals surface area contributed by atoms with Crippen molar-refractivity contribution in [2.45, 2.75) is 55.3 Å². The van der Waals surface area contributed by atoms with Crippen molar-refractivity contribution < 1.29 is 24.5 Å². The van der Waals surface area contributed by atoms with Crippen molar-refractivity contribution >= 4 is 38.9 Å². The number of piperidine rings is 1.